The van der Waals surface area contributed by atoms with E-state index in [4.69, 9.17) is 5.11 Å². The van der Waals surface area contributed by atoms with Gasteiger partial charge >= 0.3 is 5.97 Å². The summed E-state index contributed by atoms with van der Waals surface area (Å²) in [6, 6.07) is 7.42. The van der Waals surface area contributed by atoms with E-state index in [-0.39, 0.29) is 18.6 Å². The third-order valence-electron chi connectivity index (χ3n) is 4.68. The van der Waals surface area contributed by atoms with E-state index in [1.165, 1.54) is 19.3 Å². The van der Waals surface area contributed by atoms with Crippen molar-refractivity contribution in [3.8, 4) is 0 Å². The number of nitrogens with one attached hydrogen (secondary N) is 1. The fourth-order valence-corrected chi connectivity index (χ4v) is 3.24. The number of aromatic amines is 1. The monoisotopic (exact) mass is 364 g/mol. The SMILES string of the molecule is CCCCC/C=C/c1ccnc2[nH]c3ccc(C(=O)CCC(=O)O)cc3c12. The quantitative estimate of drug-likeness (QED) is 0.396. The zero-order valence-electron chi connectivity index (χ0n) is 15.5. The number of carboxylic acids is 1. The zero-order valence-corrected chi connectivity index (χ0v) is 15.5. The number of H-pyrrole nitrogens is 1. The van der Waals surface area contributed by atoms with Gasteiger partial charge in [0.15, 0.2) is 5.78 Å². The van der Waals surface area contributed by atoms with Crippen LogP contribution in [-0.2, 0) is 4.79 Å². The molecule has 0 aliphatic carbocycles. The number of Topliss-reactive ketones (excluding diaryl/α,β-unsaturated/α-hetero) is 1. The van der Waals surface area contributed by atoms with Gasteiger partial charge in [-0.2, -0.15) is 0 Å². The van der Waals surface area contributed by atoms with Gasteiger partial charge < -0.3 is 10.1 Å². The number of carboxylic acid groups (broad SMARTS) is 1. The van der Waals surface area contributed by atoms with Crippen molar-refractivity contribution in [3.05, 3.63) is 47.7 Å². The van der Waals surface area contributed by atoms with Crippen LogP contribution in [0.15, 0.2) is 36.5 Å². The largest absolute Gasteiger partial charge is 0.481 e. The summed E-state index contributed by atoms with van der Waals surface area (Å²) in [6.07, 6.45) is 10.6. The Kier molecular flexibility index (Phi) is 6.01. The number of pyridine rings is 1. The van der Waals surface area contributed by atoms with Crippen LogP contribution in [-0.4, -0.2) is 26.8 Å². The number of aromatic nitrogens is 2. The van der Waals surface area contributed by atoms with Crippen molar-refractivity contribution in [1.82, 2.24) is 9.97 Å². The maximum absolute atomic E-state index is 12.3. The maximum atomic E-state index is 12.3. The minimum atomic E-state index is -0.962. The smallest absolute Gasteiger partial charge is 0.303 e. The third-order valence-corrected chi connectivity index (χ3v) is 4.68. The molecule has 0 saturated carbocycles. The van der Waals surface area contributed by atoms with Crippen molar-refractivity contribution in [3.63, 3.8) is 0 Å². The van der Waals surface area contributed by atoms with Crippen LogP contribution in [0.1, 0.15) is 61.4 Å². The molecule has 0 unspecified atom stereocenters. The number of hydrogen-bond acceptors (Lipinski definition) is 3. The number of rotatable bonds is 9. The molecular formula is C22H24N2O3. The van der Waals surface area contributed by atoms with Gasteiger partial charge in [0.1, 0.15) is 5.65 Å². The van der Waals surface area contributed by atoms with Gasteiger partial charge in [-0.15, -0.1) is 0 Å². The number of hydrogen-bond donors (Lipinski definition) is 2. The minimum Gasteiger partial charge on any atom is -0.481 e. The Morgan fingerprint density at radius 1 is 1.19 bits per heavy atom. The molecule has 3 rings (SSSR count). The van der Waals surface area contributed by atoms with Crippen molar-refractivity contribution < 1.29 is 14.7 Å². The van der Waals surface area contributed by atoms with E-state index in [0.29, 0.717) is 5.56 Å². The van der Waals surface area contributed by atoms with E-state index in [2.05, 4.69) is 29.0 Å². The van der Waals surface area contributed by atoms with Crippen LogP contribution in [0.3, 0.4) is 0 Å². The standard InChI is InChI=1S/C22H24N2O3/c1-2-3-4-5-6-7-15-12-13-23-22-21(15)17-14-16(8-9-18(17)24-22)19(25)10-11-20(26)27/h6-9,12-14H,2-5,10-11H2,1H3,(H,23,24)(H,26,27)/b7-6+. The average molecular weight is 364 g/mol. The number of nitrogens with zero attached hydrogens (tertiary/aromatic N) is 1. The molecule has 0 aliphatic heterocycles. The summed E-state index contributed by atoms with van der Waals surface area (Å²) < 4.78 is 0. The number of allylic oxidation sites excluding steroid dienone is 1. The molecule has 0 amide bonds. The van der Waals surface area contributed by atoms with Gasteiger partial charge in [-0.25, -0.2) is 4.98 Å². The van der Waals surface area contributed by atoms with Gasteiger partial charge in [0.2, 0.25) is 0 Å². The summed E-state index contributed by atoms with van der Waals surface area (Å²) in [6.45, 7) is 2.19. The first-order chi connectivity index (χ1) is 13.1. The highest BCUT2D eigenvalue weighted by Gasteiger charge is 2.13. The molecule has 2 heterocycles. The van der Waals surface area contributed by atoms with Crippen molar-refractivity contribution in [2.45, 2.75) is 45.4 Å². The molecule has 5 nitrogen and oxygen atoms in total. The maximum Gasteiger partial charge on any atom is 0.303 e. The van der Waals surface area contributed by atoms with E-state index in [1.54, 1.807) is 12.3 Å². The Hall–Kier alpha value is -2.95. The second-order valence-corrected chi connectivity index (χ2v) is 6.72. The first kappa shape index (κ1) is 18.8. The van der Waals surface area contributed by atoms with Gasteiger partial charge in [-0.3, -0.25) is 9.59 Å². The Labute approximate surface area is 158 Å². The molecule has 2 aromatic heterocycles. The van der Waals surface area contributed by atoms with Crippen molar-refractivity contribution >= 4 is 39.8 Å². The number of ketones is 1. The van der Waals surface area contributed by atoms with E-state index in [9.17, 15) is 9.59 Å². The van der Waals surface area contributed by atoms with Crippen molar-refractivity contribution in [1.29, 1.82) is 0 Å². The van der Waals surface area contributed by atoms with Gasteiger partial charge in [-0.05, 0) is 42.7 Å². The van der Waals surface area contributed by atoms with Gasteiger partial charge in [0.25, 0.3) is 0 Å². The predicted octanol–water partition coefficient (Wildman–Crippen LogP) is 5.36. The molecule has 3 aromatic rings. The molecule has 140 valence electrons. The first-order valence-corrected chi connectivity index (χ1v) is 9.42. The van der Waals surface area contributed by atoms with Crippen molar-refractivity contribution in [2.75, 3.05) is 0 Å². The summed E-state index contributed by atoms with van der Waals surface area (Å²) >= 11 is 0. The number of carbonyl (C=O) groups is 2. The Morgan fingerprint density at radius 3 is 2.81 bits per heavy atom. The molecule has 0 fully saturated rings. The minimum absolute atomic E-state index is 0.00559. The van der Waals surface area contributed by atoms with Crippen LogP contribution in [0.2, 0.25) is 0 Å². The summed E-state index contributed by atoms with van der Waals surface area (Å²) in [7, 11) is 0. The highest BCUT2D eigenvalue weighted by Crippen LogP contribution is 2.29. The Balaban J connectivity index is 1.95. The van der Waals surface area contributed by atoms with Crippen LogP contribution >= 0.6 is 0 Å². The second kappa shape index (κ2) is 8.62. The normalized spacial score (nSPS) is 11.6. The molecule has 5 heteroatoms. The van der Waals surface area contributed by atoms with Gasteiger partial charge in [-0.1, -0.05) is 31.9 Å². The number of aliphatic carboxylic acids is 1. The molecular weight excluding hydrogens is 340 g/mol. The molecule has 0 atom stereocenters. The van der Waals surface area contributed by atoms with E-state index < -0.39 is 5.97 Å². The van der Waals surface area contributed by atoms with Crippen LogP contribution in [0.25, 0.3) is 28.0 Å². The topological polar surface area (TPSA) is 83.0 Å². The van der Waals surface area contributed by atoms with Gasteiger partial charge in [0.05, 0.1) is 6.42 Å². The second-order valence-electron chi connectivity index (χ2n) is 6.72. The van der Waals surface area contributed by atoms with Crippen LogP contribution in [0, 0.1) is 0 Å². The number of carbonyl (C=O) groups excluding carboxylic acids is 1. The van der Waals surface area contributed by atoms with Crippen molar-refractivity contribution in [2.24, 2.45) is 0 Å². The summed E-state index contributed by atoms with van der Waals surface area (Å²) in [4.78, 5) is 30.7. The Morgan fingerprint density at radius 2 is 2.04 bits per heavy atom. The molecule has 27 heavy (non-hydrogen) atoms. The fraction of sp³-hybridized carbons (Fsp3) is 0.318. The molecule has 1 aromatic carbocycles. The lowest BCUT2D eigenvalue weighted by molar-refractivity contribution is -0.136. The van der Waals surface area contributed by atoms with E-state index in [1.807, 2.05) is 18.2 Å². The summed E-state index contributed by atoms with van der Waals surface area (Å²) in [5, 5.41) is 10.7. The Bertz CT molecular complexity index is 1000. The molecule has 0 bridgehead atoms. The molecule has 0 spiro atoms. The van der Waals surface area contributed by atoms with Gasteiger partial charge in [0, 0.05) is 34.5 Å². The summed E-state index contributed by atoms with van der Waals surface area (Å²) in [5.41, 5.74) is 3.30. The lowest BCUT2D eigenvalue weighted by Crippen LogP contribution is -2.03. The zero-order chi connectivity index (χ0) is 19.2. The van der Waals surface area contributed by atoms with E-state index >= 15 is 0 Å². The molecule has 0 radical (unpaired) electrons. The molecule has 0 aliphatic rings. The van der Waals surface area contributed by atoms with E-state index in [0.717, 1.165) is 33.9 Å². The molecule has 2 N–H and O–H groups in total. The van der Waals surface area contributed by atoms with Crippen LogP contribution in [0.5, 0.6) is 0 Å². The third kappa shape index (κ3) is 4.42. The molecule has 0 saturated heterocycles. The van der Waals surface area contributed by atoms with Crippen LogP contribution in [0.4, 0.5) is 0 Å². The average Bonchev–Trinajstić information content (AvgIpc) is 3.04. The number of fused-ring (bicyclic) bond motifs is 3. The number of benzene rings is 1. The first-order valence-electron chi connectivity index (χ1n) is 9.42. The predicted molar refractivity (Wildman–Crippen MR) is 108 cm³/mol. The highest BCUT2D eigenvalue weighted by atomic mass is 16.4. The number of unbranched alkanes of at least 4 members (excludes halogenated alkanes) is 3. The lowest BCUT2D eigenvalue weighted by Gasteiger charge is -2.01. The summed E-state index contributed by atoms with van der Waals surface area (Å²) in [5.74, 6) is -1.12. The highest BCUT2D eigenvalue weighted by molar-refractivity contribution is 6.12. The lowest BCUT2D eigenvalue weighted by atomic mass is 10.0. The fourth-order valence-electron chi connectivity index (χ4n) is 3.24. The van der Waals surface area contributed by atoms with Crippen LogP contribution < -0.4 is 0 Å².